The molecule has 5 aromatic carbocycles. The van der Waals surface area contributed by atoms with Gasteiger partial charge in [-0.1, -0.05) is 166 Å². The lowest BCUT2D eigenvalue weighted by Gasteiger charge is -2.27. The Morgan fingerprint density at radius 2 is 0.800 bits per heavy atom. The Hall–Kier alpha value is -4.91. The highest BCUT2D eigenvalue weighted by molar-refractivity contribution is 7.87. The zero-order valence-electron chi connectivity index (χ0n) is 28.8. The monoisotopic (exact) mass is 678 g/mol. The van der Waals surface area contributed by atoms with Crippen molar-refractivity contribution in [1.29, 1.82) is 0 Å². The van der Waals surface area contributed by atoms with Gasteiger partial charge < -0.3 is 0 Å². The predicted molar refractivity (Wildman–Crippen MR) is 212 cm³/mol. The second kappa shape index (κ2) is 20.6. The molecule has 6 heteroatoms. The van der Waals surface area contributed by atoms with E-state index in [9.17, 15) is 4.79 Å². The lowest BCUT2D eigenvalue weighted by molar-refractivity contribution is 0.439. The SMILES string of the molecule is C(=Nc1ccccc1)=NC1CCCCC1.O=C=NC1CCCCC1.c1ccc(N=P(c2ccccc2)(c2ccccc2)c2ccccc2)cc1. The molecular formula is C44H47N4OP. The third-order valence-electron chi connectivity index (χ3n) is 8.97. The van der Waals surface area contributed by atoms with E-state index in [1.54, 1.807) is 6.08 Å². The van der Waals surface area contributed by atoms with Gasteiger partial charge in [-0.25, -0.2) is 14.8 Å². The minimum atomic E-state index is -2.15. The standard InChI is InChI=1S/C24H20NP.C13H16N2.C7H11NO/c1-5-13-21(14-6-1)25-26(22-15-7-2-8-16-22,23-17-9-3-10-18-23)24-19-11-4-12-20-24;1-3-7-12(8-4-1)14-11-15-13-9-5-2-6-10-13;9-6-8-7-4-2-1-3-5-7/h1-20H;1,3-4,7-8,13H,2,5-6,9-10H2;7H,1-5H2. The number of hydrogen-bond donors (Lipinski definition) is 0. The zero-order valence-corrected chi connectivity index (χ0v) is 29.7. The summed E-state index contributed by atoms with van der Waals surface area (Å²) in [7, 11) is -2.15. The Morgan fingerprint density at radius 1 is 0.440 bits per heavy atom. The highest BCUT2D eigenvalue weighted by Gasteiger charge is 2.27. The van der Waals surface area contributed by atoms with E-state index in [2.05, 4.69) is 136 Å². The predicted octanol–water partition coefficient (Wildman–Crippen LogP) is 11.0. The Morgan fingerprint density at radius 3 is 1.20 bits per heavy atom. The van der Waals surface area contributed by atoms with E-state index < -0.39 is 7.05 Å². The number of isocyanates is 1. The van der Waals surface area contributed by atoms with Crippen molar-refractivity contribution in [3.63, 3.8) is 0 Å². The van der Waals surface area contributed by atoms with Crippen LogP contribution < -0.4 is 15.9 Å². The summed E-state index contributed by atoms with van der Waals surface area (Å²) in [5.74, 6) is 0. The highest BCUT2D eigenvalue weighted by Crippen LogP contribution is 2.49. The molecule has 0 heterocycles. The lowest BCUT2D eigenvalue weighted by Crippen LogP contribution is -2.25. The van der Waals surface area contributed by atoms with Crippen molar-refractivity contribution in [1.82, 2.24) is 0 Å². The zero-order chi connectivity index (χ0) is 34.5. The van der Waals surface area contributed by atoms with Crippen LogP contribution in [-0.4, -0.2) is 24.2 Å². The van der Waals surface area contributed by atoms with E-state index >= 15 is 0 Å². The second-order valence-corrected chi connectivity index (χ2v) is 15.6. The fraction of sp³-hybridized carbons (Fsp3) is 0.273. The molecule has 0 atom stereocenters. The van der Waals surface area contributed by atoms with Crippen molar-refractivity contribution in [3.05, 3.63) is 152 Å². The first-order chi connectivity index (χ1) is 24.8. The van der Waals surface area contributed by atoms with E-state index in [4.69, 9.17) is 4.74 Å². The summed E-state index contributed by atoms with van der Waals surface area (Å²) in [6.07, 6.45) is 14.0. The smallest absolute Gasteiger partial charge is 0.235 e. The van der Waals surface area contributed by atoms with Gasteiger partial charge in [0.15, 0.2) is 0 Å². The Labute approximate surface area is 298 Å². The molecule has 0 N–H and O–H groups in total. The first kappa shape index (κ1) is 36.4. The van der Waals surface area contributed by atoms with Gasteiger partial charge in [-0.05, 0) is 49.9 Å². The molecule has 254 valence electrons. The molecule has 50 heavy (non-hydrogen) atoms. The molecule has 0 aliphatic heterocycles. The van der Waals surface area contributed by atoms with Crippen molar-refractivity contribution in [2.24, 2.45) is 19.7 Å². The Bertz CT molecular complexity index is 1740. The highest BCUT2D eigenvalue weighted by atomic mass is 31.2. The first-order valence-corrected chi connectivity index (χ1v) is 19.6. The van der Waals surface area contributed by atoms with Gasteiger partial charge in [0, 0.05) is 15.9 Å². The van der Waals surface area contributed by atoms with Gasteiger partial charge in [-0.15, -0.1) is 0 Å². The van der Waals surface area contributed by atoms with Crippen molar-refractivity contribution < 1.29 is 4.79 Å². The van der Waals surface area contributed by atoms with Crippen LogP contribution in [0.15, 0.2) is 171 Å². The van der Waals surface area contributed by atoms with Gasteiger partial charge in [-0.2, -0.15) is 4.99 Å². The second-order valence-electron chi connectivity index (χ2n) is 12.6. The van der Waals surface area contributed by atoms with Crippen LogP contribution in [0.5, 0.6) is 0 Å². The molecule has 0 unspecified atom stereocenters. The van der Waals surface area contributed by atoms with Crippen LogP contribution >= 0.6 is 7.05 Å². The number of rotatable bonds is 7. The van der Waals surface area contributed by atoms with E-state index in [-0.39, 0.29) is 0 Å². The summed E-state index contributed by atoms with van der Waals surface area (Å²) < 4.78 is 5.41. The van der Waals surface area contributed by atoms with E-state index in [1.807, 2.05) is 36.4 Å². The largest absolute Gasteiger partial charge is 0.254 e. The number of benzene rings is 5. The van der Waals surface area contributed by atoms with E-state index in [0.29, 0.717) is 12.1 Å². The van der Waals surface area contributed by atoms with Crippen molar-refractivity contribution in [2.45, 2.75) is 76.3 Å². The van der Waals surface area contributed by atoms with Gasteiger partial charge >= 0.3 is 0 Å². The maximum Gasteiger partial charge on any atom is 0.235 e. The Kier molecular flexibility index (Phi) is 15.0. The fourth-order valence-corrected chi connectivity index (χ4v) is 9.92. The molecule has 7 rings (SSSR count). The van der Waals surface area contributed by atoms with Crippen LogP contribution in [0.3, 0.4) is 0 Å². The number of hydrogen-bond acceptors (Lipinski definition) is 5. The number of nitrogens with zero attached hydrogens (tertiary/aromatic N) is 4. The maximum atomic E-state index is 9.78. The molecule has 5 aromatic rings. The average Bonchev–Trinajstić information content (AvgIpc) is 3.20. The van der Waals surface area contributed by atoms with Crippen LogP contribution in [0.4, 0.5) is 11.4 Å². The van der Waals surface area contributed by atoms with Crippen molar-refractivity contribution in [2.75, 3.05) is 0 Å². The molecule has 0 bridgehead atoms. The quantitative estimate of drug-likeness (QED) is 0.0960. The molecule has 2 aliphatic carbocycles. The average molecular weight is 679 g/mol. The summed E-state index contributed by atoms with van der Waals surface area (Å²) in [6.45, 7) is 0. The number of carbonyl (C=O) groups excluding carboxylic acids is 1. The molecule has 2 aliphatic rings. The van der Waals surface area contributed by atoms with Crippen LogP contribution in [0.1, 0.15) is 64.2 Å². The molecule has 0 aromatic heterocycles. The third-order valence-corrected chi connectivity index (χ3v) is 12.6. The summed E-state index contributed by atoms with van der Waals surface area (Å²) in [5.41, 5.74) is 1.94. The molecular weight excluding hydrogens is 631 g/mol. The van der Waals surface area contributed by atoms with Gasteiger partial charge in [0.25, 0.3) is 0 Å². The van der Waals surface area contributed by atoms with E-state index in [1.165, 1.54) is 67.3 Å². The van der Waals surface area contributed by atoms with Crippen LogP contribution in [0.25, 0.3) is 0 Å². The number of para-hydroxylation sites is 1. The summed E-state index contributed by atoms with van der Waals surface area (Å²) in [4.78, 5) is 22.0. The first-order valence-electron chi connectivity index (χ1n) is 17.9. The van der Waals surface area contributed by atoms with Gasteiger partial charge in [0.1, 0.15) is 0 Å². The molecule has 0 amide bonds. The summed E-state index contributed by atoms with van der Waals surface area (Å²) in [6, 6.07) is 55.8. The van der Waals surface area contributed by atoms with Gasteiger partial charge in [-0.3, -0.25) is 4.74 Å². The number of aliphatic imine (C=N–C) groups is 3. The normalized spacial score (nSPS) is 14.6. The lowest BCUT2D eigenvalue weighted by atomic mass is 9.96. The molecule has 0 spiro atoms. The maximum absolute atomic E-state index is 9.78. The molecule has 0 radical (unpaired) electrons. The minimum absolute atomic E-state index is 0.302. The van der Waals surface area contributed by atoms with Crippen molar-refractivity contribution in [3.8, 4) is 0 Å². The topological polar surface area (TPSA) is 66.5 Å². The molecule has 0 saturated heterocycles. The van der Waals surface area contributed by atoms with Gasteiger partial charge in [0.2, 0.25) is 6.08 Å². The van der Waals surface area contributed by atoms with Gasteiger partial charge in [0.05, 0.1) is 36.5 Å². The minimum Gasteiger partial charge on any atom is -0.254 e. The Balaban J connectivity index is 0.000000170. The third kappa shape index (κ3) is 11.1. The van der Waals surface area contributed by atoms with Crippen LogP contribution in [0, 0.1) is 0 Å². The van der Waals surface area contributed by atoms with Crippen LogP contribution in [0.2, 0.25) is 0 Å². The molecule has 2 fully saturated rings. The summed E-state index contributed by atoms with van der Waals surface area (Å²) in [5, 5.41) is 3.80. The van der Waals surface area contributed by atoms with E-state index in [0.717, 1.165) is 24.2 Å². The molecule has 2 saturated carbocycles. The summed E-state index contributed by atoms with van der Waals surface area (Å²) >= 11 is 0. The fourth-order valence-electron chi connectivity index (χ4n) is 6.39. The van der Waals surface area contributed by atoms with Crippen molar-refractivity contribution >= 4 is 46.4 Å². The molecule has 5 nitrogen and oxygen atoms in total. The van der Waals surface area contributed by atoms with Crippen LogP contribution in [-0.2, 0) is 4.79 Å².